The quantitative estimate of drug-likeness (QED) is 0.0420. The van der Waals surface area contributed by atoms with E-state index in [-0.39, 0.29) is 0 Å². The molecule has 0 amide bonds. The lowest BCUT2D eigenvalue weighted by Gasteiger charge is -2.44. The van der Waals surface area contributed by atoms with Gasteiger partial charge >= 0.3 is 52.1 Å². The van der Waals surface area contributed by atoms with Gasteiger partial charge in [0.2, 0.25) is 0 Å². The van der Waals surface area contributed by atoms with Gasteiger partial charge < -0.3 is 70.5 Å². The van der Waals surface area contributed by atoms with E-state index in [1.54, 1.807) is 0 Å². The Kier molecular flexibility index (Phi) is 43.5. The minimum absolute atomic E-state index is 0.424. The molecule has 0 bridgehead atoms. The second-order valence-electron chi connectivity index (χ2n) is 23.2. The zero-order valence-corrected chi connectivity index (χ0v) is 59.9. The van der Waals surface area contributed by atoms with Crippen molar-refractivity contribution < 1.29 is 70.5 Å². The van der Waals surface area contributed by atoms with Crippen LogP contribution in [0.5, 0.6) is 0 Å². The third-order valence-corrected chi connectivity index (χ3v) is 38.5. The van der Waals surface area contributed by atoms with Gasteiger partial charge in [-0.25, -0.2) is 0 Å². The average molecular weight is 1210 g/mol. The molecule has 0 aliphatic carbocycles. The molecule has 75 heavy (non-hydrogen) atoms. The Morgan fingerprint density at radius 1 is 0.200 bits per heavy atom. The number of ether oxygens (including phenoxy) is 6. The first-order valence-electron chi connectivity index (χ1n) is 29.4. The molecule has 3 unspecified atom stereocenters. The molecule has 0 aromatic carbocycles. The SMILES string of the molecule is CCCCOCCCOCCCCCO[Si](C)(O[Si](C)(C)C)O[Si](C)(OCCCCCOCCCOCCCC)O[Si](C)(OCCCCCOCCCOCCCC)O[Si](C)(C)O[Si](C)(C)O[Si](C)(C)O[Si](C)(C)C. The fourth-order valence-electron chi connectivity index (χ4n) is 8.26. The Labute approximate surface area is 470 Å². The van der Waals surface area contributed by atoms with Crippen LogP contribution in [0.2, 0.25) is 98.2 Å². The molecule has 0 saturated carbocycles. The van der Waals surface area contributed by atoms with Gasteiger partial charge in [-0.15, -0.1) is 0 Å². The first-order chi connectivity index (χ1) is 35.1. The molecule has 0 aromatic rings. The predicted molar refractivity (Wildman–Crippen MR) is 324 cm³/mol. The van der Waals surface area contributed by atoms with Gasteiger partial charge in [0.1, 0.15) is 0 Å². The molecular formula is C51H120O16Si8. The maximum Gasteiger partial charge on any atom is 0.482 e. The number of hydrogen-bond acceptors (Lipinski definition) is 16. The molecule has 0 fully saturated rings. The van der Waals surface area contributed by atoms with Crippen LogP contribution in [0.1, 0.15) is 136 Å². The molecule has 0 aliphatic heterocycles. The molecular weight excluding hydrogens is 1090 g/mol. The molecule has 452 valence electrons. The molecule has 0 aliphatic rings. The zero-order valence-electron chi connectivity index (χ0n) is 51.9. The highest BCUT2D eigenvalue weighted by Gasteiger charge is 2.57. The van der Waals surface area contributed by atoms with Gasteiger partial charge in [-0.2, -0.15) is 0 Å². The molecule has 0 spiro atoms. The largest absolute Gasteiger partial charge is 0.482 e. The highest BCUT2D eigenvalue weighted by Crippen LogP contribution is 2.31. The summed E-state index contributed by atoms with van der Waals surface area (Å²) < 4.78 is 104. The summed E-state index contributed by atoms with van der Waals surface area (Å²) in [6, 6.07) is 0. The standard InChI is InChI=1S/C51H120O16Si8/c1-19-22-37-52-43-34-46-55-40-28-25-31-49-58-73(16,62-69(7,8)9)66-75(18,60-51-33-27-30-42-57-48-36-45-54-39-24-21-3)67-74(17,59-50-32-26-29-41-56-47-35-44-53-38-23-20-2)65-72(14,15)64-71(12,13)63-70(10,11)61-68(4,5)6/h19-51H2,1-18H3. The highest BCUT2D eigenvalue weighted by atomic mass is 28.5. The molecule has 0 heterocycles. The van der Waals surface area contributed by atoms with Crippen LogP contribution in [0, 0.1) is 0 Å². The van der Waals surface area contributed by atoms with Gasteiger partial charge in [-0.3, -0.25) is 0 Å². The normalized spacial score (nSPS) is 15.6. The summed E-state index contributed by atoms with van der Waals surface area (Å²) in [6.07, 6.45) is 17.5. The minimum atomic E-state index is -3.68. The lowest BCUT2D eigenvalue weighted by atomic mass is 10.2. The van der Waals surface area contributed by atoms with Gasteiger partial charge in [0.05, 0.1) is 0 Å². The number of rotatable bonds is 56. The highest BCUT2D eigenvalue weighted by molar-refractivity contribution is 6.90. The Hall–Kier alpha value is 1.10. The fraction of sp³-hybridized carbons (Fsp3) is 1.00. The van der Waals surface area contributed by atoms with Crippen LogP contribution in [-0.4, -0.2) is 168 Å². The zero-order chi connectivity index (χ0) is 56.6. The maximum atomic E-state index is 7.29. The first kappa shape index (κ1) is 76.1. The van der Waals surface area contributed by atoms with E-state index in [4.69, 9.17) is 70.5 Å². The van der Waals surface area contributed by atoms with Crippen LogP contribution in [0.15, 0.2) is 0 Å². The summed E-state index contributed by atoms with van der Waals surface area (Å²) in [5.74, 6) is 0. The summed E-state index contributed by atoms with van der Waals surface area (Å²) in [4.78, 5) is 0. The summed E-state index contributed by atoms with van der Waals surface area (Å²) in [7, 11) is -23.1. The smallest absolute Gasteiger partial charge is 0.437 e. The van der Waals surface area contributed by atoms with Crippen molar-refractivity contribution in [1.82, 2.24) is 0 Å². The minimum Gasteiger partial charge on any atom is -0.437 e. The van der Waals surface area contributed by atoms with Gasteiger partial charge in [0.15, 0.2) is 16.6 Å². The van der Waals surface area contributed by atoms with Crippen LogP contribution < -0.4 is 0 Å². The van der Waals surface area contributed by atoms with E-state index >= 15 is 0 Å². The van der Waals surface area contributed by atoms with Crippen LogP contribution >= 0.6 is 0 Å². The van der Waals surface area contributed by atoms with E-state index in [9.17, 15) is 0 Å². The number of unbranched alkanes of at least 4 members (excludes halogenated alkanes) is 9. The Morgan fingerprint density at radius 3 is 0.720 bits per heavy atom. The number of hydrogen-bond donors (Lipinski definition) is 0. The van der Waals surface area contributed by atoms with Crippen LogP contribution in [0.4, 0.5) is 0 Å². The fourth-order valence-corrected chi connectivity index (χ4v) is 43.3. The van der Waals surface area contributed by atoms with Crippen LogP contribution in [0.3, 0.4) is 0 Å². The first-order valence-corrected chi connectivity index (χ1v) is 51.4. The van der Waals surface area contributed by atoms with Crippen molar-refractivity contribution >= 4 is 68.7 Å². The van der Waals surface area contributed by atoms with Crippen molar-refractivity contribution in [1.29, 1.82) is 0 Å². The lowest BCUT2D eigenvalue weighted by molar-refractivity contribution is 0.0659. The molecule has 3 atom stereocenters. The van der Waals surface area contributed by atoms with Crippen LogP contribution in [-0.2, 0) is 70.5 Å². The van der Waals surface area contributed by atoms with E-state index in [1.165, 1.54) is 0 Å². The monoisotopic (exact) mass is 1210 g/mol. The van der Waals surface area contributed by atoms with Crippen molar-refractivity contribution in [3.63, 3.8) is 0 Å². The Bertz CT molecular complexity index is 1340. The van der Waals surface area contributed by atoms with Crippen molar-refractivity contribution in [3.05, 3.63) is 0 Å². The molecule has 16 nitrogen and oxygen atoms in total. The average Bonchev–Trinajstić information content (AvgIpc) is 3.25. The second-order valence-corrected chi connectivity index (χ2v) is 51.9. The Balaban J connectivity index is 6.38. The molecule has 0 N–H and O–H groups in total. The van der Waals surface area contributed by atoms with E-state index in [0.29, 0.717) is 59.5 Å². The summed E-state index contributed by atoms with van der Waals surface area (Å²) in [5, 5.41) is 0. The lowest BCUT2D eigenvalue weighted by Crippen LogP contribution is -2.65. The predicted octanol–water partition coefficient (Wildman–Crippen LogP) is 13.8. The summed E-state index contributed by atoms with van der Waals surface area (Å²) in [6.45, 7) is 48.2. The Morgan fingerprint density at radius 2 is 0.427 bits per heavy atom. The van der Waals surface area contributed by atoms with Crippen molar-refractivity contribution in [2.24, 2.45) is 0 Å². The van der Waals surface area contributed by atoms with E-state index in [0.717, 1.165) is 155 Å². The summed E-state index contributed by atoms with van der Waals surface area (Å²) in [5.41, 5.74) is 0. The third kappa shape index (κ3) is 48.4. The van der Waals surface area contributed by atoms with E-state index in [2.05, 4.69) is 99.3 Å². The molecule has 0 rings (SSSR count). The van der Waals surface area contributed by atoms with E-state index < -0.39 is 68.7 Å². The summed E-state index contributed by atoms with van der Waals surface area (Å²) >= 11 is 0. The molecule has 24 heteroatoms. The van der Waals surface area contributed by atoms with Gasteiger partial charge in [-0.1, -0.05) is 40.0 Å². The van der Waals surface area contributed by atoms with E-state index in [1.807, 2.05) is 19.6 Å². The van der Waals surface area contributed by atoms with Crippen LogP contribution in [0.25, 0.3) is 0 Å². The second kappa shape index (κ2) is 42.8. The third-order valence-electron chi connectivity index (χ3n) is 10.8. The van der Waals surface area contributed by atoms with Gasteiger partial charge in [0.25, 0.3) is 0 Å². The van der Waals surface area contributed by atoms with Crippen molar-refractivity contribution in [2.45, 2.75) is 235 Å². The molecule has 0 aromatic heterocycles. The van der Waals surface area contributed by atoms with Gasteiger partial charge in [-0.05, 0) is 175 Å². The van der Waals surface area contributed by atoms with Crippen molar-refractivity contribution in [3.8, 4) is 0 Å². The molecule has 0 saturated heterocycles. The van der Waals surface area contributed by atoms with Gasteiger partial charge in [0, 0.05) is 119 Å². The maximum absolute atomic E-state index is 7.29. The topological polar surface area (TPSA) is 148 Å². The van der Waals surface area contributed by atoms with Crippen molar-refractivity contribution in [2.75, 3.05) is 99.1 Å². The molecule has 0 radical (unpaired) electrons.